The molecule has 5 heterocycles. The molecule has 1 amide bonds. The Hall–Kier alpha value is -5.28. The van der Waals surface area contributed by atoms with Crippen LogP contribution >= 0.6 is 0 Å². The van der Waals surface area contributed by atoms with Crippen molar-refractivity contribution in [3.8, 4) is 17.4 Å². The fraction of sp³-hybridized carbons (Fsp3) is 0.353. The lowest BCUT2D eigenvalue weighted by atomic mass is 10.0. The SMILES string of the molecule is Cc1cc(Nc2ncnc3ccc(NC(=O)/C=C/[C@H]4CCCN4C)c(O[C@@H]4CCN(C)CC4(F)F)c23)ccc1Oc1cc2ncnn2cn1. The van der Waals surface area contributed by atoms with E-state index in [0.717, 1.165) is 24.9 Å². The molecule has 0 saturated carbocycles. The number of nitrogens with one attached hydrogen (secondary N) is 2. The number of anilines is 3. The maximum Gasteiger partial charge on any atom is 0.296 e. The van der Waals surface area contributed by atoms with Crippen LogP contribution in [0.1, 0.15) is 24.8 Å². The van der Waals surface area contributed by atoms with E-state index in [2.05, 4.69) is 40.6 Å². The van der Waals surface area contributed by atoms with Gasteiger partial charge in [-0.1, -0.05) is 6.08 Å². The van der Waals surface area contributed by atoms with E-state index in [1.807, 2.05) is 26.1 Å². The largest absolute Gasteiger partial charge is 0.481 e. The number of rotatable bonds is 9. The smallest absolute Gasteiger partial charge is 0.296 e. The Bertz CT molecular complexity index is 2040. The summed E-state index contributed by atoms with van der Waals surface area (Å²) in [6.45, 7) is 2.84. The molecule has 7 rings (SSSR count). The maximum absolute atomic E-state index is 15.3. The van der Waals surface area contributed by atoms with Crippen molar-refractivity contribution in [1.82, 2.24) is 39.3 Å². The van der Waals surface area contributed by atoms with Gasteiger partial charge in [0, 0.05) is 36.8 Å². The van der Waals surface area contributed by atoms with Crippen LogP contribution in [0.2, 0.25) is 0 Å². The fourth-order valence-electron chi connectivity index (χ4n) is 6.22. The molecule has 2 atom stereocenters. The predicted molar refractivity (Wildman–Crippen MR) is 180 cm³/mol. The van der Waals surface area contributed by atoms with Crippen LogP contribution in [0.5, 0.6) is 17.4 Å². The third-order valence-corrected chi connectivity index (χ3v) is 8.85. The minimum absolute atomic E-state index is 0.0705. The number of carbonyl (C=O) groups is 1. The highest BCUT2D eigenvalue weighted by Gasteiger charge is 2.46. The highest BCUT2D eigenvalue weighted by Crippen LogP contribution is 2.41. The van der Waals surface area contributed by atoms with Gasteiger partial charge in [-0.05, 0) is 76.3 Å². The molecule has 254 valence electrons. The molecule has 15 heteroatoms. The predicted octanol–water partition coefficient (Wildman–Crippen LogP) is 5.22. The summed E-state index contributed by atoms with van der Waals surface area (Å²) in [5.41, 5.74) is 2.74. The van der Waals surface area contributed by atoms with Gasteiger partial charge in [-0.3, -0.25) is 9.69 Å². The van der Waals surface area contributed by atoms with Crippen LogP contribution in [0.25, 0.3) is 16.6 Å². The van der Waals surface area contributed by atoms with Gasteiger partial charge in [0.1, 0.15) is 30.5 Å². The molecule has 2 aromatic carbocycles. The summed E-state index contributed by atoms with van der Waals surface area (Å²) in [6, 6.07) is 10.6. The molecule has 0 unspecified atom stereocenters. The number of fused-ring (bicyclic) bond motifs is 2. The number of hydrogen-bond acceptors (Lipinski definition) is 11. The summed E-state index contributed by atoms with van der Waals surface area (Å²) in [6.07, 6.45) is 8.37. The molecule has 0 bridgehead atoms. The number of hydrogen-bond donors (Lipinski definition) is 2. The average molecular weight is 671 g/mol. The number of likely N-dealkylation sites (tertiary alicyclic amines) is 2. The van der Waals surface area contributed by atoms with Gasteiger partial charge in [0.25, 0.3) is 5.92 Å². The molecule has 3 aromatic heterocycles. The van der Waals surface area contributed by atoms with E-state index >= 15 is 8.78 Å². The minimum Gasteiger partial charge on any atom is -0.481 e. The first-order valence-electron chi connectivity index (χ1n) is 16.0. The number of nitrogens with zero attached hydrogens (tertiary/aromatic N) is 8. The molecule has 0 aliphatic carbocycles. The van der Waals surface area contributed by atoms with Crippen molar-refractivity contribution >= 4 is 39.6 Å². The zero-order valence-electron chi connectivity index (χ0n) is 27.3. The first kappa shape index (κ1) is 32.3. The Morgan fingerprint density at radius 1 is 1.04 bits per heavy atom. The van der Waals surface area contributed by atoms with E-state index in [-0.39, 0.29) is 23.9 Å². The lowest BCUT2D eigenvalue weighted by molar-refractivity contribution is -0.134. The molecule has 0 spiro atoms. The van der Waals surface area contributed by atoms with Crippen LogP contribution in [0, 0.1) is 6.92 Å². The highest BCUT2D eigenvalue weighted by atomic mass is 19.3. The quantitative estimate of drug-likeness (QED) is 0.200. The summed E-state index contributed by atoms with van der Waals surface area (Å²) in [7, 11) is 3.67. The van der Waals surface area contributed by atoms with Gasteiger partial charge < -0.3 is 25.0 Å². The number of aromatic nitrogens is 6. The highest BCUT2D eigenvalue weighted by molar-refractivity contribution is 6.06. The number of halogens is 2. The van der Waals surface area contributed by atoms with Gasteiger partial charge in [0.05, 0.1) is 23.1 Å². The van der Waals surface area contributed by atoms with E-state index in [0.29, 0.717) is 46.2 Å². The summed E-state index contributed by atoms with van der Waals surface area (Å²) in [5, 5.41) is 10.6. The molecule has 0 radical (unpaired) electrons. The van der Waals surface area contributed by atoms with Gasteiger partial charge in [-0.25, -0.2) is 33.2 Å². The lowest BCUT2D eigenvalue weighted by Crippen LogP contribution is -2.52. The van der Waals surface area contributed by atoms with Crippen molar-refractivity contribution < 1.29 is 23.0 Å². The van der Waals surface area contributed by atoms with Crippen molar-refractivity contribution in [1.29, 1.82) is 0 Å². The molecule has 2 aliphatic rings. The monoisotopic (exact) mass is 670 g/mol. The van der Waals surface area contributed by atoms with Crippen molar-refractivity contribution in [2.24, 2.45) is 0 Å². The number of ether oxygens (including phenoxy) is 2. The standard InChI is InChI=1S/C34H36F2N10O3/c1-21-15-22(6-10-26(21)48-30-16-28-38-19-41-46(28)20-40-30)42-33-31-24(37-18-39-33)8-9-25(43-29(47)11-7-23-5-4-13-45(23)3)32(31)49-27-12-14-44(2)17-34(27,35)36/h6-11,15-16,18-20,23,27H,4-5,12-14,17H2,1-3H3,(H,43,47)(H,37,39,42)/b11-7+/t23-,27-/m1/s1. The van der Waals surface area contributed by atoms with Crippen molar-refractivity contribution in [3.63, 3.8) is 0 Å². The molecule has 2 fully saturated rings. The normalized spacial score (nSPS) is 19.9. The maximum atomic E-state index is 15.3. The number of amides is 1. The van der Waals surface area contributed by atoms with Crippen molar-refractivity contribution in [2.45, 2.75) is 44.3 Å². The van der Waals surface area contributed by atoms with Crippen LogP contribution in [0.4, 0.5) is 26.0 Å². The minimum atomic E-state index is -3.13. The molecule has 2 aliphatic heterocycles. The Labute approximate surface area is 281 Å². The third kappa shape index (κ3) is 6.98. The van der Waals surface area contributed by atoms with Crippen LogP contribution in [0.3, 0.4) is 0 Å². The zero-order valence-corrected chi connectivity index (χ0v) is 27.3. The van der Waals surface area contributed by atoms with Gasteiger partial charge in [-0.15, -0.1) is 0 Å². The summed E-state index contributed by atoms with van der Waals surface area (Å²) < 4.78 is 44.4. The Kier molecular flexibility index (Phi) is 8.77. The van der Waals surface area contributed by atoms with Crippen molar-refractivity contribution in [3.05, 3.63) is 73.1 Å². The van der Waals surface area contributed by atoms with Gasteiger partial charge in [-0.2, -0.15) is 5.10 Å². The second kappa shape index (κ2) is 13.3. The Balaban J connectivity index is 1.20. The topological polar surface area (TPSA) is 135 Å². The fourth-order valence-corrected chi connectivity index (χ4v) is 6.22. The van der Waals surface area contributed by atoms with E-state index in [1.165, 1.54) is 29.6 Å². The lowest BCUT2D eigenvalue weighted by Gasteiger charge is -2.36. The number of benzene rings is 2. The molecular weight excluding hydrogens is 634 g/mol. The van der Waals surface area contributed by atoms with Crippen LogP contribution in [0.15, 0.2) is 67.5 Å². The Morgan fingerprint density at radius 2 is 1.92 bits per heavy atom. The number of alkyl halides is 2. The van der Waals surface area contributed by atoms with Crippen molar-refractivity contribution in [2.75, 3.05) is 44.4 Å². The van der Waals surface area contributed by atoms with Gasteiger partial charge in [0.15, 0.2) is 17.5 Å². The molecule has 13 nitrogen and oxygen atoms in total. The summed E-state index contributed by atoms with van der Waals surface area (Å²) in [4.78, 5) is 34.2. The molecule has 49 heavy (non-hydrogen) atoms. The van der Waals surface area contributed by atoms with E-state index < -0.39 is 24.5 Å². The first-order valence-corrected chi connectivity index (χ1v) is 16.0. The zero-order chi connectivity index (χ0) is 34.1. The van der Waals surface area contributed by atoms with Crippen LogP contribution in [-0.2, 0) is 4.79 Å². The summed E-state index contributed by atoms with van der Waals surface area (Å²) >= 11 is 0. The molecule has 2 N–H and O–H groups in total. The van der Waals surface area contributed by atoms with Gasteiger partial charge >= 0.3 is 0 Å². The number of carbonyl (C=O) groups excluding carboxylic acids is 1. The number of likely N-dealkylation sites (N-methyl/N-ethyl adjacent to an activating group) is 1. The van der Waals surface area contributed by atoms with E-state index in [1.54, 1.807) is 42.3 Å². The van der Waals surface area contributed by atoms with Crippen LogP contribution in [-0.4, -0.2) is 97.1 Å². The van der Waals surface area contributed by atoms with E-state index in [4.69, 9.17) is 9.47 Å². The van der Waals surface area contributed by atoms with Crippen LogP contribution < -0.4 is 20.1 Å². The second-order valence-corrected chi connectivity index (χ2v) is 12.5. The number of piperidine rings is 1. The Morgan fingerprint density at radius 3 is 2.71 bits per heavy atom. The summed E-state index contributed by atoms with van der Waals surface area (Å²) in [5.74, 6) is -2.20. The number of aryl methyl sites for hydroxylation is 1. The van der Waals surface area contributed by atoms with Gasteiger partial charge in [0.2, 0.25) is 11.8 Å². The molecule has 2 saturated heterocycles. The molecular formula is C34H36F2N10O3. The second-order valence-electron chi connectivity index (χ2n) is 12.5. The third-order valence-electron chi connectivity index (χ3n) is 8.85. The first-order chi connectivity index (χ1) is 23.6. The van der Waals surface area contributed by atoms with E-state index in [9.17, 15) is 4.79 Å². The average Bonchev–Trinajstić information content (AvgIpc) is 3.71. The molecule has 5 aromatic rings.